The van der Waals surface area contributed by atoms with Crippen LogP contribution in [-0.4, -0.2) is 14.9 Å². The average Bonchev–Trinajstić information content (AvgIpc) is 2.17. The predicted octanol–water partition coefficient (Wildman–Crippen LogP) is 1.44. The molecule has 0 aliphatic heterocycles. The zero-order chi connectivity index (χ0) is 12.4. The summed E-state index contributed by atoms with van der Waals surface area (Å²) in [5.41, 5.74) is 0.129. The van der Waals surface area contributed by atoms with Crippen molar-refractivity contribution < 1.29 is 28.3 Å². The Morgan fingerprint density at radius 2 is 1.88 bits per heavy atom. The summed E-state index contributed by atoms with van der Waals surface area (Å²) < 4.78 is 26.0. The third-order valence-electron chi connectivity index (χ3n) is 2.07. The highest BCUT2D eigenvalue weighted by Crippen LogP contribution is 2.63. The number of aliphatic hydroxyl groups is 1. The Labute approximate surface area is 93.0 Å². The van der Waals surface area contributed by atoms with E-state index in [2.05, 4.69) is 4.31 Å². The molecule has 3 unspecified atom stereocenters. The highest BCUT2D eigenvalue weighted by Gasteiger charge is 2.46. The smallest absolute Gasteiger partial charge is 0.370 e. The second-order valence-corrected chi connectivity index (χ2v) is 6.44. The molecule has 0 heterocycles. The first kappa shape index (κ1) is 13.6. The lowest BCUT2D eigenvalue weighted by Crippen LogP contribution is -2.21. The second kappa shape index (κ2) is 4.80. The molecular formula is C8H12O6P2. The van der Waals surface area contributed by atoms with Gasteiger partial charge in [0.05, 0.1) is 0 Å². The van der Waals surface area contributed by atoms with Gasteiger partial charge in [0, 0.05) is 0 Å². The Balaban J connectivity index is 3.11. The Kier molecular flexibility index (Phi) is 4.07. The van der Waals surface area contributed by atoms with E-state index >= 15 is 0 Å². The van der Waals surface area contributed by atoms with Crippen LogP contribution in [0.3, 0.4) is 0 Å². The molecule has 0 aromatic heterocycles. The number of benzene rings is 1. The fraction of sp³-hybridized carbons (Fsp3) is 0.250. The first-order valence-corrected chi connectivity index (χ1v) is 7.15. The highest BCUT2D eigenvalue weighted by molar-refractivity contribution is 7.60. The molecule has 3 N–H and O–H groups in total. The summed E-state index contributed by atoms with van der Waals surface area (Å²) in [7, 11) is -8.24. The standard InChI is InChI=1S/C8H12O6P2/c1-8(9,7-5-3-2-4-6-7)16(12,13)14-15(10)11/h2-6,9,15H,1H3,(H,10,11)(H,12,13). The molecule has 16 heavy (non-hydrogen) atoms. The van der Waals surface area contributed by atoms with Gasteiger partial charge in [-0.15, -0.1) is 0 Å². The van der Waals surface area contributed by atoms with E-state index in [-0.39, 0.29) is 5.56 Å². The molecule has 1 aromatic carbocycles. The highest BCUT2D eigenvalue weighted by atomic mass is 31.2. The lowest BCUT2D eigenvalue weighted by atomic mass is 10.1. The van der Waals surface area contributed by atoms with Gasteiger partial charge in [-0.25, -0.2) is 4.31 Å². The van der Waals surface area contributed by atoms with Crippen LogP contribution in [-0.2, 0) is 18.8 Å². The Hall–Kier alpha value is -0.480. The molecule has 3 atom stereocenters. The third kappa shape index (κ3) is 2.80. The normalized spacial score (nSPS) is 20.8. The monoisotopic (exact) mass is 266 g/mol. The van der Waals surface area contributed by atoms with Crippen molar-refractivity contribution in [2.24, 2.45) is 0 Å². The molecular weight excluding hydrogens is 254 g/mol. The van der Waals surface area contributed by atoms with Crippen molar-refractivity contribution in [3.63, 3.8) is 0 Å². The van der Waals surface area contributed by atoms with Gasteiger partial charge < -0.3 is 14.9 Å². The van der Waals surface area contributed by atoms with Crippen LogP contribution >= 0.6 is 15.9 Å². The molecule has 0 radical (unpaired) electrons. The molecule has 1 aromatic rings. The Morgan fingerprint density at radius 3 is 2.31 bits per heavy atom. The Bertz CT molecular complexity index is 429. The van der Waals surface area contributed by atoms with Gasteiger partial charge in [-0.2, -0.15) is 0 Å². The van der Waals surface area contributed by atoms with Crippen molar-refractivity contribution in [3.8, 4) is 0 Å². The molecule has 8 heteroatoms. The quantitative estimate of drug-likeness (QED) is 0.712. The molecule has 1 rings (SSSR count). The fourth-order valence-corrected chi connectivity index (χ4v) is 3.14. The first-order chi connectivity index (χ1) is 7.27. The van der Waals surface area contributed by atoms with Crippen LogP contribution < -0.4 is 0 Å². The van der Waals surface area contributed by atoms with Crippen LogP contribution in [0.2, 0.25) is 0 Å². The summed E-state index contributed by atoms with van der Waals surface area (Å²) >= 11 is 0. The second-order valence-electron chi connectivity index (χ2n) is 3.26. The molecule has 0 fully saturated rings. The lowest BCUT2D eigenvalue weighted by molar-refractivity contribution is 0.110. The van der Waals surface area contributed by atoms with E-state index < -0.39 is 21.2 Å². The van der Waals surface area contributed by atoms with Crippen LogP contribution in [0, 0.1) is 0 Å². The zero-order valence-electron chi connectivity index (χ0n) is 8.40. The van der Waals surface area contributed by atoms with E-state index in [1.165, 1.54) is 12.1 Å². The number of rotatable bonds is 4. The van der Waals surface area contributed by atoms with Gasteiger partial charge in [-0.05, 0) is 12.5 Å². The Morgan fingerprint density at radius 1 is 1.38 bits per heavy atom. The van der Waals surface area contributed by atoms with Gasteiger partial charge in [0.25, 0.3) is 0 Å². The molecule has 0 spiro atoms. The van der Waals surface area contributed by atoms with E-state index in [9.17, 15) is 19.1 Å². The zero-order valence-corrected chi connectivity index (χ0v) is 10.3. The summed E-state index contributed by atoms with van der Waals surface area (Å²) in [5.74, 6) is 0. The van der Waals surface area contributed by atoms with Crippen molar-refractivity contribution in [3.05, 3.63) is 35.9 Å². The summed E-state index contributed by atoms with van der Waals surface area (Å²) in [6.45, 7) is 1.05. The van der Waals surface area contributed by atoms with Gasteiger partial charge in [0.2, 0.25) is 0 Å². The largest absolute Gasteiger partial charge is 0.373 e. The number of hydrogen-bond donors (Lipinski definition) is 3. The molecule has 90 valence electrons. The van der Waals surface area contributed by atoms with Crippen molar-refractivity contribution in [2.75, 3.05) is 0 Å². The van der Waals surface area contributed by atoms with Gasteiger partial charge >= 0.3 is 15.9 Å². The molecule has 0 amide bonds. The van der Waals surface area contributed by atoms with E-state index in [1.807, 2.05) is 0 Å². The van der Waals surface area contributed by atoms with Crippen LogP contribution in [0.4, 0.5) is 0 Å². The summed E-state index contributed by atoms with van der Waals surface area (Å²) in [6, 6.07) is 7.62. The first-order valence-electron chi connectivity index (χ1n) is 4.30. The van der Waals surface area contributed by atoms with Crippen LogP contribution in [0.25, 0.3) is 0 Å². The minimum absolute atomic E-state index is 0.129. The van der Waals surface area contributed by atoms with Gasteiger partial charge in [-0.1, -0.05) is 30.3 Å². The molecule has 0 aliphatic rings. The van der Waals surface area contributed by atoms with Gasteiger partial charge in [0.15, 0.2) is 5.34 Å². The van der Waals surface area contributed by atoms with E-state index in [0.717, 1.165) is 6.92 Å². The summed E-state index contributed by atoms with van der Waals surface area (Å²) in [4.78, 5) is 17.9. The molecule has 6 nitrogen and oxygen atoms in total. The minimum Gasteiger partial charge on any atom is -0.373 e. The summed E-state index contributed by atoms with van der Waals surface area (Å²) in [5, 5.41) is 7.67. The van der Waals surface area contributed by atoms with Crippen molar-refractivity contribution in [1.82, 2.24) is 0 Å². The average molecular weight is 266 g/mol. The van der Waals surface area contributed by atoms with E-state index in [0.29, 0.717) is 0 Å². The third-order valence-corrected chi connectivity index (χ3v) is 5.05. The van der Waals surface area contributed by atoms with E-state index in [4.69, 9.17) is 4.89 Å². The van der Waals surface area contributed by atoms with Crippen molar-refractivity contribution in [1.29, 1.82) is 0 Å². The van der Waals surface area contributed by atoms with Crippen LogP contribution in [0.1, 0.15) is 12.5 Å². The fourth-order valence-electron chi connectivity index (χ4n) is 1.11. The molecule has 0 aliphatic carbocycles. The predicted molar refractivity (Wildman–Crippen MR) is 58.1 cm³/mol. The SMILES string of the molecule is CC(O)(c1ccccc1)P(=O)(O)O[PH](=O)O. The van der Waals surface area contributed by atoms with Gasteiger partial charge in [-0.3, -0.25) is 9.13 Å². The van der Waals surface area contributed by atoms with Crippen LogP contribution in [0.15, 0.2) is 30.3 Å². The van der Waals surface area contributed by atoms with E-state index in [1.54, 1.807) is 18.2 Å². The van der Waals surface area contributed by atoms with Crippen molar-refractivity contribution in [2.45, 2.75) is 12.3 Å². The maximum atomic E-state index is 11.6. The topological polar surface area (TPSA) is 104 Å². The van der Waals surface area contributed by atoms with Crippen molar-refractivity contribution >= 4 is 15.9 Å². The maximum absolute atomic E-state index is 11.6. The minimum atomic E-state index is -4.64. The maximum Gasteiger partial charge on any atom is 0.370 e. The molecule has 0 saturated heterocycles. The lowest BCUT2D eigenvalue weighted by Gasteiger charge is -2.27. The number of hydrogen-bond acceptors (Lipinski definition) is 4. The van der Waals surface area contributed by atoms with Crippen LogP contribution in [0.5, 0.6) is 0 Å². The molecule has 0 saturated carbocycles. The molecule has 0 bridgehead atoms. The van der Waals surface area contributed by atoms with Gasteiger partial charge in [0.1, 0.15) is 0 Å². The summed E-state index contributed by atoms with van der Waals surface area (Å²) in [6.07, 6.45) is 0.